The summed E-state index contributed by atoms with van der Waals surface area (Å²) in [6.07, 6.45) is 7.33. The maximum Gasteiger partial charge on any atom is 0.267 e. The van der Waals surface area contributed by atoms with Crippen molar-refractivity contribution in [3.05, 3.63) is 32.5 Å². The van der Waals surface area contributed by atoms with Crippen LogP contribution in [0.1, 0.15) is 42.9 Å². The first-order valence-electron chi connectivity index (χ1n) is 8.47. The molecule has 0 aromatic carbocycles. The van der Waals surface area contributed by atoms with Crippen molar-refractivity contribution in [3.63, 3.8) is 0 Å². The van der Waals surface area contributed by atoms with Gasteiger partial charge in [-0.1, -0.05) is 30.6 Å². The molecule has 2 aromatic rings. The second kappa shape index (κ2) is 7.66. The molecule has 0 radical (unpaired) electrons. The van der Waals surface area contributed by atoms with E-state index in [-0.39, 0.29) is 11.9 Å². The number of thioether (sulfide) groups is 1. The molecule has 3 heterocycles. The first kappa shape index (κ1) is 17.9. The lowest BCUT2D eigenvalue weighted by Crippen LogP contribution is -2.40. The second-order valence-electron chi connectivity index (χ2n) is 6.22. The molecule has 0 bridgehead atoms. The van der Waals surface area contributed by atoms with E-state index in [0.29, 0.717) is 25.6 Å². The summed E-state index contributed by atoms with van der Waals surface area (Å²) in [6, 6.07) is 3.85. The van der Waals surface area contributed by atoms with E-state index in [9.17, 15) is 4.79 Å². The highest BCUT2D eigenvalue weighted by molar-refractivity contribution is 9.10. The fourth-order valence-corrected chi connectivity index (χ4v) is 5.13. The van der Waals surface area contributed by atoms with Gasteiger partial charge in [-0.15, -0.1) is 10.2 Å². The Labute approximate surface area is 167 Å². The van der Waals surface area contributed by atoms with Crippen molar-refractivity contribution in [2.24, 2.45) is 4.99 Å². The predicted molar refractivity (Wildman–Crippen MR) is 107 cm³/mol. The molecule has 6 nitrogen and oxygen atoms in total. The van der Waals surface area contributed by atoms with Crippen LogP contribution in [0.5, 0.6) is 0 Å². The Hall–Kier alpha value is -1.45. The van der Waals surface area contributed by atoms with Gasteiger partial charge in [-0.05, 0) is 59.6 Å². The Kier molecular flexibility index (Phi) is 5.28. The molecule has 0 atom stereocenters. The summed E-state index contributed by atoms with van der Waals surface area (Å²) in [5, 5.41) is 10.2. The molecule has 1 aliphatic heterocycles. The number of carbonyl (C=O) groups is 1. The molecule has 2 aromatic heterocycles. The SMILES string of the molecule is Cc1nnc(/N=C2/S/C(=C/c3ccc(Br)o3)C(=O)N2C2CCCCC2)s1. The van der Waals surface area contributed by atoms with Gasteiger partial charge in [-0.25, -0.2) is 0 Å². The molecule has 2 fully saturated rings. The van der Waals surface area contributed by atoms with Crippen molar-refractivity contribution in [2.75, 3.05) is 0 Å². The number of carbonyl (C=O) groups excluding carboxylic acids is 1. The number of hydrogen-bond donors (Lipinski definition) is 0. The van der Waals surface area contributed by atoms with E-state index in [2.05, 4.69) is 31.1 Å². The molecule has 2 aliphatic rings. The van der Waals surface area contributed by atoms with Crippen molar-refractivity contribution in [1.29, 1.82) is 0 Å². The molecule has 1 amide bonds. The van der Waals surface area contributed by atoms with Gasteiger partial charge in [0.15, 0.2) is 9.84 Å². The molecule has 136 valence electrons. The average molecular weight is 453 g/mol. The zero-order chi connectivity index (χ0) is 18.1. The number of hydrogen-bond acceptors (Lipinski definition) is 7. The third kappa shape index (κ3) is 3.79. The van der Waals surface area contributed by atoms with E-state index < -0.39 is 0 Å². The lowest BCUT2D eigenvalue weighted by Gasteiger charge is -2.30. The van der Waals surface area contributed by atoms with Gasteiger partial charge < -0.3 is 4.42 Å². The smallest absolute Gasteiger partial charge is 0.267 e. The van der Waals surface area contributed by atoms with Crippen molar-refractivity contribution in [2.45, 2.75) is 45.1 Å². The lowest BCUT2D eigenvalue weighted by atomic mass is 9.94. The number of amidine groups is 1. The normalized spacial score (nSPS) is 22.1. The van der Waals surface area contributed by atoms with Gasteiger partial charge in [0.25, 0.3) is 5.91 Å². The maximum atomic E-state index is 13.1. The largest absolute Gasteiger partial charge is 0.450 e. The van der Waals surface area contributed by atoms with E-state index in [0.717, 1.165) is 30.7 Å². The highest BCUT2D eigenvalue weighted by Gasteiger charge is 2.39. The van der Waals surface area contributed by atoms with E-state index in [1.54, 1.807) is 6.08 Å². The molecular formula is C17H17BrN4O2S2. The molecule has 26 heavy (non-hydrogen) atoms. The first-order chi connectivity index (χ1) is 12.6. The van der Waals surface area contributed by atoms with E-state index in [4.69, 9.17) is 4.42 Å². The maximum absolute atomic E-state index is 13.1. The Balaban J connectivity index is 1.68. The quantitative estimate of drug-likeness (QED) is 0.602. The lowest BCUT2D eigenvalue weighted by molar-refractivity contribution is -0.124. The third-order valence-corrected chi connectivity index (χ3v) is 6.49. The Morgan fingerprint density at radius 2 is 2.12 bits per heavy atom. The summed E-state index contributed by atoms with van der Waals surface area (Å²) in [7, 11) is 0. The minimum atomic E-state index is -0.00518. The zero-order valence-electron chi connectivity index (χ0n) is 14.1. The number of aromatic nitrogens is 2. The molecule has 9 heteroatoms. The number of amides is 1. The van der Waals surface area contributed by atoms with Crippen molar-refractivity contribution < 1.29 is 9.21 Å². The average Bonchev–Trinajstić information content (AvgIpc) is 3.30. The van der Waals surface area contributed by atoms with E-state index in [1.807, 2.05) is 24.0 Å². The zero-order valence-corrected chi connectivity index (χ0v) is 17.4. The van der Waals surface area contributed by atoms with Gasteiger partial charge in [-0.2, -0.15) is 4.99 Å². The van der Waals surface area contributed by atoms with Crippen molar-refractivity contribution >= 4 is 61.3 Å². The number of nitrogens with zero attached hydrogens (tertiary/aromatic N) is 4. The summed E-state index contributed by atoms with van der Waals surface area (Å²) in [5.41, 5.74) is 0. The van der Waals surface area contributed by atoms with Gasteiger partial charge in [-0.3, -0.25) is 9.69 Å². The monoisotopic (exact) mass is 452 g/mol. The van der Waals surface area contributed by atoms with Crippen molar-refractivity contribution in [1.82, 2.24) is 15.1 Å². The highest BCUT2D eigenvalue weighted by Crippen LogP contribution is 2.39. The fraction of sp³-hybridized carbons (Fsp3) is 0.412. The molecule has 4 rings (SSSR count). The van der Waals surface area contributed by atoms with Crippen LogP contribution in [0.15, 0.2) is 31.1 Å². The predicted octanol–water partition coefficient (Wildman–Crippen LogP) is 5.14. The summed E-state index contributed by atoms with van der Waals surface area (Å²) in [4.78, 5) is 20.2. The number of furan rings is 1. The molecule has 1 saturated heterocycles. The van der Waals surface area contributed by atoms with Crippen LogP contribution in [0.3, 0.4) is 0 Å². The standard InChI is InChI=1S/C17H17BrN4O2S2/c1-10-20-21-16(25-10)19-17-22(11-5-3-2-4-6-11)15(23)13(26-17)9-12-7-8-14(18)24-12/h7-9,11H,2-6H2,1H3/b13-9+,19-17+. The minimum Gasteiger partial charge on any atom is -0.450 e. The molecule has 0 N–H and O–H groups in total. The van der Waals surface area contributed by atoms with Crippen LogP contribution >= 0.6 is 39.0 Å². The van der Waals surface area contributed by atoms with Gasteiger partial charge in [0.05, 0.1) is 4.91 Å². The number of rotatable bonds is 3. The summed E-state index contributed by atoms with van der Waals surface area (Å²) >= 11 is 6.10. The third-order valence-electron chi connectivity index (χ3n) is 4.35. The van der Waals surface area contributed by atoms with Crippen molar-refractivity contribution in [3.8, 4) is 0 Å². The van der Waals surface area contributed by atoms with Crippen LogP contribution in [-0.2, 0) is 4.79 Å². The molecule has 0 unspecified atom stereocenters. The van der Waals surface area contributed by atoms with Crippen LogP contribution in [0.4, 0.5) is 5.13 Å². The van der Waals surface area contributed by atoms with Crippen LogP contribution in [0, 0.1) is 6.92 Å². The topological polar surface area (TPSA) is 71.6 Å². The highest BCUT2D eigenvalue weighted by atomic mass is 79.9. The fourth-order valence-electron chi connectivity index (χ4n) is 3.17. The van der Waals surface area contributed by atoms with Gasteiger partial charge in [0, 0.05) is 12.1 Å². The molecular weight excluding hydrogens is 436 g/mol. The van der Waals surface area contributed by atoms with Gasteiger partial charge >= 0.3 is 0 Å². The minimum absolute atomic E-state index is 0.00518. The Morgan fingerprint density at radius 1 is 1.31 bits per heavy atom. The number of aryl methyl sites for hydroxylation is 1. The Bertz CT molecular complexity index is 883. The first-order valence-corrected chi connectivity index (χ1v) is 10.9. The van der Waals surface area contributed by atoms with E-state index in [1.165, 1.54) is 29.5 Å². The van der Waals surface area contributed by atoms with Crippen LogP contribution in [-0.4, -0.2) is 32.2 Å². The number of aliphatic imine (C=N–C) groups is 1. The van der Waals surface area contributed by atoms with Gasteiger partial charge in [0.2, 0.25) is 5.13 Å². The second-order valence-corrected chi connectivity index (χ2v) is 9.17. The number of halogens is 1. The summed E-state index contributed by atoms with van der Waals surface area (Å²) < 4.78 is 6.17. The van der Waals surface area contributed by atoms with Crippen LogP contribution in [0.25, 0.3) is 6.08 Å². The molecule has 1 aliphatic carbocycles. The van der Waals surface area contributed by atoms with E-state index >= 15 is 0 Å². The summed E-state index contributed by atoms with van der Waals surface area (Å²) in [5.74, 6) is 0.638. The Morgan fingerprint density at radius 3 is 2.77 bits per heavy atom. The molecule has 0 spiro atoms. The van der Waals surface area contributed by atoms with Crippen LogP contribution in [0.2, 0.25) is 0 Å². The van der Waals surface area contributed by atoms with Gasteiger partial charge in [0.1, 0.15) is 10.8 Å². The van der Waals surface area contributed by atoms with Crippen LogP contribution < -0.4 is 0 Å². The molecule has 1 saturated carbocycles. The summed E-state index contributed by atoms with van der Waals surface area (Å²) in [6.45, 7) is 1.90.